The number of nitriles is 1. The smallest absolute Gasteiger partial charge is 0.260 e. The van der Waals surface area contributed by atoms with Crippen molar-refractivity contribution >= 4 is 29.8 Å². The molecule has 0 aliphatic heterocycles. The first kappa shape index (κ1) is 21.0. The van der Waals surface area contributed by atoms with Gasteiger partial charge in [0.05, 0.1) is 17.3 Å². The maximum Gasteiger partial charge on any atom is 0.260 e. The molecule has 0 aliphatic rings. The first-order chi connectivity index (χ1) is 14.3. The zero-order valence-electron chi connectivity index (χ0n) is 15.2. The van der Waals surface area contributed by atoms with E-state index in [1.54, 1.807) is 36.5 Å². The molecule has 0 saturated heterocycles. The highest BCUT2D eigenvalue weighted by Crippen LogP contribution is 2.24. The van der Waals surface area contributed by atoms with Gasteiger partial charge in [-0.1, -0.05) is 0 Å². The van der Waals surface area contributed by atoms with E-state index in [4.69, 9.17) is 15.3 Å². The number of nitrogens with two attached hydrogens (primary N) is 1. The summed E-state index contributed by atoms with van der Waals surface area (Å²) in [5.41, 5.74) is 1.59. The number of aromatic nitrogens is 3. The molecule has 1 heterocycles. The Bertz CT molecular complexity index is 901. The second kappa shape index (κ2) is 11.3. The third-order valence-corrected chi connectivity index (χ3v) is 5.28. The van der Waals surface area contributed by atoms with Crippen molar-refractivity contribution in [2.45, 2.75) is 11.3 Å². The number of rotatable bonds is 11. The van der Waals surface area contributed by atoms with E-state index in [-0.39, 0.29) is 0 Å². The van der Waals surface area contributed by atoms with Gasteiger partial charge >= 0.3 is 0 Å². The minimum Gasteiger partial charge on any atom is -0.399 e. The molecule has 3 rings (SSSR count). The fourth-order valence-electron chi connectivity index (χ4n) is 2.47. The van der Waals surface area contributed by atoms with E-state index in [1.165, 1.54) is 0 Å². The maximum absolute atomic E-state index is 8.99. The lowest BCUT2D eigenvalue weighted by Gasteiger charge is -2.24. The summed E-state index contributed by atoms with van der Waals surface area (Å²) in [6.45, 7) is 0.769. The van der Waals surface area contributed by atoms with E-state index < -0.39 is 0 Å². The van der Waals surface area contributed by atoms with E-state index in [0.717, 1.165) is 29.3 Å². The third kappa shape index (κ3) is 6.38. The predicted octanol–water partition coefficient (Wildman–Crippen LogP) is 3.37. The minimum absolute atomic E-state index is 0.626. The topological polar surface area (TPSA) is 111 Å². The van der Waals surface area contributed by atoms with Crippen molar-refractivity contribution in [3.63, 3.8) is 0 Å². The Kier molecular flexibility index (Phi) is 8.17. The molecule has 11 heteroatoms. The van der Waals surface area contributed by atoms with Crippen molar-refractivity contribution in [2.75, 3.05) is 17.3 Å². The summed E-state index contributed by atoms with van der Waals surface area (Å²) in [6, 6.07) is 17.2. The Morgan fingerprint density at radius 1 is 1.07 bits per heavy atom. The molecule has 0 bridgehead atoms. The highest BCUT2D eigenvalue weighted by molar-refractivity contribution is 7.99. The Hall–Kier alpha value is -2.75. The quantitative estimate of drug-likeness (QED) is 0.160. The first-order valence-corrected chi connectivity index (χ1v) is 10.2. The Morgan fingerprint density at radius 3 is 2.45 bits per heavy atom. The van der Waals surface area contributed by atoms with Gasteiger partial charge in [0.1, 0.15) is 18.4 Å². The van der Waals surface area contributed by atoms with Gasteiger partial charge in [-0.2, -0.15) is 11.2 Å². The van der Waals surface area contributed by atoms with Crippen LogP contribution in [0.15, 0.2) is 66.1 Å². The van der Waals surface area contributed by atoms with Gasteiger partial charge in [0.15, 0.2) is 0 Å². The lowest BCUT2D eigenvalue weighted by Crippen LogP contribution is -2.29. The van der Waals surface area contributed by atoms with Crippen molar-refractivity contribution in [3.8, 4) is 11.8 Å². The summed E-state index contributed by atoms with van der Waals surface area (Å²) in [6.07, 6.45) is 4.24. The fraction of sp³-hybridized carbons (Fsp3) is 0.167. The molecule has 29 heavy (non-hydrogen) atoms. The molecule has 9 nitrogen and oxygen atoms in total. The van der Waals surface area contributed by atoms with Crippen molar-refractivity contribution in [2.24, 2.45) is 5.90 Å². The van der Waals surface area contributed by atoms with E-state index in [2.05, 4.69) is 30.6 Å². The zero-order valence-corrected chi connectivity index (χ0v) is 16.9. The van der Waals surface area contributed by atoms with Crippen molar-refractivity contribution < 1.29 is 13.5 Å². The van der Waals surface area contributed by atoms with Gasteiger partial charge in [0.25, 0.3) is 12.3 Å². The molecular weight excluding hydrogens is 412 g/mol. The average molecular weight is 431 g/mol. The molecule has 1 aromatic heterocycles. The lowest BCUT2D eigenvalue weighted by atomic mass is 10.2. The van der Waals surface area contributed by atoms with Crippen LogP contribution in [-0.2, 0) is 9.32 Å². The third-order valence-electron chi connectivity index (χ3n) is 3.78. The highest BCUT2D eigenvalue weighted by Gasteiger charge is 2.09. The zero-order chi connectivity index (χ0) is 20.3. The molecule has 0 amide bonds. The van der Waals surface area contributed by atoms with Gasteiger partial charge in [-0.3, -0.25) is 5.01 Å². The normalized spacial score (nSPS) is 10.5. The lowest BCUT2D eigenvalue weighted by molar-refractivity contribution is -0.199. The predicted molar refractivity (Wildman–Crippen MR) is 110 cm³/mol. The van der Waals surface area contributed by atoms with Crippen LogP contribution >= 0.6 is 24.1 Å². The first-order valence-electron chi connectivity index (χ1n) is 8.52. The average Bonchev–Trinajstić information content (AvgIpc) is 3.30. The Labute approximate surface area is 176 Å². The summed E-state index contributed by atoms with van der Waals surface area (Å²) in [5, 5.41) is 18.8. The second-order valence-electron chi connectivity index (χ2n) is 5.61. The summed E-state index contributed by atoms with van der Waals surface area (Å²) >= 11 is 2.40. The minimum atomic E-state index is 0.626. The number of anilines is 1. The molecule has 0 radical (unpaired) electrons. The summed E-state index contributed by atoms with van der Waals surface area (Å²) in [7, 11) is 0. The number of thioether (sulfide) groups is 1. The number of benzene rings is 2. The van der Waals surface area contributed by atoms with Gasteiger partial charge < -0.3 is 4.18 Å². The van der Waals surface area contributed by atoms with Crippen LogP contribution in [0, 0.1) is 11.3 Å². The van der Waals surface area contributed by atoms with Crippen LogP contribution in [0.1, 0.15) is 12.0 Å². The molecular formula is C18H18N6O3S2. The van der Waals surface area contributed by atoms with Gasteiger partial charge in [-0.15, -0.1) is 31.3 Å². The van der Waals surface area contributed by atoms with Crippen molar-refractivity contribution in [1.29, 1.82) is 5.26 Å². The van der Waals surface area contributed by atoms with Crippen LogP contribution < -0.4 is 15.1 Å². The van der Waals surface area contributed by atoms with Gasteiger partial charge in [-0.25, -0.2) is 4.68 Å². The van der Waals surface area contributed by atoms with Crippen LogP contribution in [0.5, 0.6) is 5.75 Å². The SMILES string of the molecule is N#Cc1ccc(N(CCCSc2ccc(OSOON)cc2)n2cnnc2)cc1. The van der Waals surface area contributed by atoms with Crippen LogP contribution in [0.25, 0.3) is 0 Å². The van der Waals surface area contributed by atoms with Gasteiger partial charge in [0.2, 0.25) is 0 Å². The molecule has 0 atom stereocenters. The number of hydrogen-bond donors (Lipinski definition) is 1. The fourth-order valence-corrected chi connectivity index (χ4v) is 3.56. The van der Waals surface area contributed by atoms with E-state index in [9.17, 15) is 0 Å². The molecule has 0 saturated carbocycles. The van der Waals surface area contributed by atoms with Crippen LogP contribution in [0.4, 0.5) is 5.69 Å². The molecule has 0 aliphatic carbocycles. The van der Waals surface area contributed by atoms with Gasteiger partial charge in [-0.05, 0) is 60.7 Å². The Balaban J connectivity index is 1.52. The maximum atomic E-state index is 8.99. The van der Waals surface area contributed by atoms with E-state index in [1.807, 2.05) is 41.1 Å². The van der Waals surface area contributed by atoms with Crippen molar-refractivity contribution in [3.05, 3.63) is 66.7 Å². The second-order valence-corrected chi connectivity index (χ2v) is 7.22. The summed E-state index contributed by atoms with van der Waals surface area (Å²) < 4.78 is 11.4. The van der Waals surface area contributed by atoms with E-state index in [0.29, 0.717) is 23.6 Å². The number of hydrogen-bond acceptors (Lipinski definition) is 10. The molecule has 0 spiro atoms. The summed E-state index contributed by atoms with van der Waals surface area (Å²) in [4.78, 5) is 5.08. The van der Waals surface area contributed by atoms with Crippen LogP contribution in [0.3, 0.4) is 0 Å². The highest BCUT2D eigenvalue weighted by atomic mass is 32.2. The molecule has 0 fully saturated rings. The van der Waals surface area contributed by atoms with Crippen LogP contribution in [-0.4, -0.2) is 27.2 Å². The molecule has 0 unspecified atom stereocenters. The molecule has 2 aromatic carbocycles. The monoisotopic (exact) mass is 430 g/mol. The number of nitrogens with zero attached hydrogens (tertiary/aromatic N) is 5. The van der Waals surface area contributed by atoms with Crippen LogP contribution in [0.2, 0.25) is 0 Å². The van der Waals surface area contributed by atoms with Gasteiger partial charge in [0, 0.05) is 11.4 Å². The molecule has 3 aromatic rings. The Morgan fingerprint density at radius 2 is 1.79 bits per heavy atom. The molecule has 2 N–H and O–H groups in total. The largest absolute Gasteiger partial charge is 0.399 e. The van der Waals surface area contributed by atoms with E-state index >= 15 is 0 Å². The summed E-state index contributed by atoms with van der Waals surface area (Å²) in [5.74, 6) is 6.30. The standard InChI is InChI=1S/C18H18N6O3S2/c19-12-15-2-4-16(5-3-15)24(23-13-21-22-14-23)10-1-11-28-18-8-6-17(7-9-18)25-29-27-26-20/h2-9,13-14H,1,10-11,20H2. The van der Waals surface area contributed by atoms with Crippen molar-refractivity contribution in [1.82, 2.24) is 14.9 Å². The molecule has 150 valence electrons.